The Bertz CT molecular complexity index is 1280. The van der Waals surface area contributed by atoms with Gasteiger partial charge in [-0.2, -0.15) is 0 Å². The van der Waals surface area contributed by atoms with Crippen LogP contribution in [0, 0.1) is 19.7 Å². The van der Waals surface area contributed by atoms with Crippen LogP contribution in [0.4, 0.5) is 4.39 Å². The summed E-state index contributed by atoms with van der Waals surface area (Å²) in [4.78, 5) is 13.5. The van der Waals surface area contributed by atoms with Crippen LogP contribution in [0.5, 0.6) is 0 Å². The van der Waals surface area contributed by atoms with Gasteiger partial charge in [0.1, 0.15) is 5.82 Å². The molecular formula is C31H36FNO5. The molecule has 1 aliphatic rings. The number of carboxylic acids is 1. The normalized spacial score (nSPS) is 19.4. The predicted molar refractivity (Wildman–Crippen MR) is 145 cm³/mol. The number of carbonyl (C=O) groups is 1. The van der Waals surface area contributed by atoms with E-state index in [2.05, 4.69) is 4.90 Å². The maximum Gasteiger partial charge on any atom is 0.335 e. The summed E-state index contributed by atoms with van der Waals surface area (Å²) in [7, 11) is 0. The second kappa shape index (κ2) is 12.2. The van der Waals surface area contributed by atoms with E-state index in [1.807, 2.05) is 43.3 Å². The monoisotopic (exact) mass is 521 g/mol. The van der Waals surface area contributed by atoms with Crippen LogP contribution in [0.15, 0.2) is 60.7 Å². The Kier molecular flexibility index (Phi) is 8.95. The minimum Gasteiger partial charge on any atom is -0.478 e. The molecule has 0 spiro atoms. The summed E-state index contributed by atoms with van der Waals surface area (Å²) in [6, 6.07) is 18.3. The fourth-order valence-corrected chi connectivity index (χ4v) is 5.28. The number of nitrogens with zero attached hydrogens (tertiary/aromatic N) is 1. The molecule has 1 unspecified atom stereocenters. The zero-order valence-electron chi connectivity index (χ0n) is 22.1. The fourth-order valence-electron chi connectivity index (χ4n) is 5.28. The molecule has 1 aliphatic heterocycles. The van der Waals surface area contributed by atoms with Crippen LogP contribution >= 0.6 is 0 Å². The average Bonchev–Trinajstić information content (AvgIpc) is 3.22. The number of β-amino-alcohol motifs (C(OH)–C–C–N with tert-alkyl or cyclic N) is 2. The molecule has 7 heteroatoms. The molecule has 0 amide bonds. The Morgan fingerprint density at radius 3 is 2.58 bits per heavy atom. The fraction of sp³-hybridized carbons (Fsp3) is 0.387. The molecule has 202 valence electrons. The van der Waals surface area contributed by atoms with Gasteiger partial charge >= 0.3 is 5.97 Å². The highest BCUT2D eigenvalue weighted by molar-refractivity contribution is 5.90. The van der Waals surface area contributed by atoms with Crippen molar-refractivity contribution in [2.75, 3.05) is 19.7 Å². The number of likely N-dealkylation sites (tertiary alicyclic amines) is 1. The van der Waals surface area contributed by atoms with Crippen LogP contribution in [-0.2, 0) is 11.2 Å². The highest BCUT2D eigenvalue weighted by atomic mass is 19.1. The van der Waals surface area contributed by atoms with Crippen LogP contribution in [0.3, 0.4) is 0 Å². The Hall–Kier alpha value is -3.10. The van der Waals surface area contributed by atoms with Crippen molar-refractivity contribution in [3.63, 3.8) is 0 Å². The first kappa shape index (κ1) is 27.9. The van der Waals surface area contributed by atoms with E-state index < -0.39 is 18.2 Å². The standard InChI is InChI=1S/C31H36FNO5/c1-19-8-9-22(14-30(19)32)13-24-15-25(34)16-33(24)17-26(35)18-38-21(3)28-6-4-5-7-29(28)23-10-11-27(31(36)37)20(2)12-23/h4-12,14,21,24-26,34-35H,13,15-18H2,1-3H3,(H,36,37)/t21-,24-,25?,26-/m1/s1. The van der Waals surface area contributed by atoms with E-state index in [1.165, 1.54) is 0 Å². The number of rotatable bonds is 10. The van der Waals surface area contributed by atoms with Gasteiger partial charge in [0.15, 0.2) is 0 Å². The van der Waals surface area contributed by atoms with E-state index in [0.717, 1.165) is 22.3 Å². The van der Waals surface area contributed by atoms with Gasteiger partial charge in [0.2, 0.25) is 0 Å². The molecular weight excluding hydrogens is 485 g/mol. The first-order valence-electron chi connectivity index (χ1n) is 13.0. The first-order valence-corrected chi connectivity index (χ1v) is 13.0. The van der Waals surface area contributed by atoms with Crippen molar-refractivity contribution in [1.82, 2.24) is 4.90 Å². The van der Waals surface area contributed by atoms with Crippen LogP contribution in [-0.4, -0.2) is 64.1 Å². The Morgan fingerprint density at radius 1 is 1.11 bits per heavy atom. The summed E-state index contributed by atoms with van der Waals surface area (Å²) in [5.74, 6) is -1.19. The number of hydrogen-bond donors (Lipinski definition) is 3. The summed E-state index contributed by atoms with van der Waals surface area (Å²) in [6.07, 6.45) is -0.371. The van der Waals surface area contributed by atoms with Crippen molar-refractivity contribution in [3.05, 3.63) is 94.3 Å². The van der Waals surface area contributed by atoms with Crippen LogP contribution in [0.2, 0.25) is 0 Å². The molecule has 3 aromatic carbocycles. The number of benzene rings is 3. The summed E-state index contributed by atoms with van der Waals surface area (Å²) in [5, 5.41) is 30.4. The minimum atomic E-state index is -0.952. The van der Waals surface area contributed by atoms with Crippen molar-refractivity contribution in [3.8, 4) is 11.1 Å². The maximum atomic E-state index is 14.0. The average molecular weight is 522 g/mol. The van der Waals surface area contributed by atoms with Gasteiger partial charge in [-0.15, -0.1) is 0 Å². The first-order chi connectivity index (χ1) is 18.1. The lowest BCUT2D eigenvalue weighted by Crippen LogP contribution is -2.39. The number of ether oxygens (including phenoxy) is 1. The summed E-state index contributed by atoms with van der Waals surface area (Å²) in [5.41, 5.74) is 5.23. The maximum absolute atomic E-state index is 14.0. The lowest BCUT2D eigenvalue weighted by molar-refractivity contribution is -0.0177. The van der Waals surface area contributed by atoms with E-state index in [-0.39, 0.29) is 30.1 Å². The molecule has 3 aromatic rings. The molecule has 0 saturated carbocycles. The predicted octanol–water partition coefficient (Wildman–Crippen LogP) is 4.92. The minimum absolute atomic E-state index is 0.0110. The molecule has 38 heavy (non-hydrogen) atoms. The third kappa shape index (κ3) is 6.66. The zero-order valence-corrected chi connectivity index (χ0v) is 22.1. The van der Waals surface area contributed by atoms with E-state index in [0.29, 0.717) is 37.1 Å². The molecule has 0 aromatic heterocycles. The topological polar surface area (TPSA) is 90.2 Å². The number of aromatic carboxylic acids is 1. The van der Waals surface area contributed by atoms with Crippen molar-refractivity contribution in [2.45, 2.75) is 58.0 Å². The van der Waals surface area contributed by atoms with E-state index in [4.69, 9.17) is 4.74 Å². The third-order valence-electron chi connectivity index (χ3n) is 7.36. The van der Waals surface area contributed by atoms with Crippen molar-refractivity contribution < 1.29 is 29.2 Å². The van der Waals surface area contributed by atoms with Gasteiger partial charge in [0.05, 0.1) is 30.5 Å². The van der Waals surface area contributed by atoms with Crippen molar-refractivity contribution in [1.29, 1.82) is 0 Å². The molecule has 0 radical (unpaired) electrons. The van der Waals surface area contributed by atoms with Gasteiger partial charge in [0, 0.05) is 19.1 Å². The van der Waals surface area contributed by atoms with Crippen molar-refractivity contribution in [2.24, 2.45) is 0 Å². The highest BCUT2D eigenvalue weighted by Crippen LogP contribution is 2.31. The smallest absolute Gasteiger partial charge is 0.335 e. The Morgan fingerprint density at radius 2 is 1.87 bits per heavy atom. The molecule has 1 fully saturated rings. The second-order valence-corrected chi connectivity index (χ2v) is 10.3. The molecule has 0 aliphatic carbocycles. The molecule has 6 nitrogen and oxygen atoms in total. The second-order valence-electron chi connectivity index (χ2n) is 10.3. The summed E-state index contributed by atoms with van der Waals surface area (Å²) in [6.45, 7) is 6.37. The quantitative estimate of drug-likeness (QED) is 0.351. The van der Waals surface area contributed by atoms with E-state index in [1.54, 1.807) is 38.1 Å². The molecule has 1 saturated heterocycles. The summed E-state index contributed by atoms with van der Waals surface area (Å²) >= 11 is 0. The SMILES string of the molecule is Cc1ccc(C[C@@H]2CC(O)CN2C[C@@H](O)CO[C@H](C)c2ccccc2-c2ccc(C(=O)O)c(C)c2)cc1F. The summed E-state index contributed by atoms with van der Waals surface area (Å²) < 4.78 is 20.1. The van der Waals surface area contributed by atoms with Crippen molar-refractivity contribution >= 4 is 5.97 Å². The largest absolute Gasteiger partial charge is 0.478 e. The van der Waals surface area contributed by atoms with Crippen LogP contribution in [0.25, 0.3) is 11.1 Å². The van der Waals surface area contributed by atoms with Gasteiger partial charge in [0.25, 0.3) is 0 Å². The molecule has 4 atom stereocenters. The lowest BCUT2D eigenvalue weighted by atomic mass is 9.94. The van der Waals surface area contributed by atoms with E-state index >= 15 is 0 Å². The van der Waals surface area contributed by atoms with Crippen LogP contribution < -0.4 is 0 Å². The molecule has 1 heterocycles. The van der Waals surface area contributed by atoms with Gasteiger partial charge < -0.3 is 20.1 Å². The number of aryl methyl sites for hydroxylation is 2. The number of hydrogen-bond acceptors (Lipinski definition) is 5. The van der Waals surface area contributed by atoms with Gasteiger partial charge in [-0.25, -0.2) is 9.18 Å². The zero-order chi connectivity index (χ0) is 27.4. The number of carboxylic acid groups (broad SMARTS) is 1. The highest BCUT2D eigenvalue weighted by Gasteiger charge is 2.32. The number of aliphatic hydroxyl groups excluding tert-OH is 2. The molecule has 4 rings (SSSR count). The Labute approximate surface area is 223 Å². The van der Waals surface area contributed by atoms with Gasteiger partial charge in [-0.1, -0.05) is 48.5 Å². The van der Waals surface area contributed by atoms with Crippen LogP contribution in [0.1, 0.15) is 52.1 Å². The van der Waals surface area contributed by atoms with Gasteiger partial charge in [-0.05, 0) is 79.1 Å². The third-order valence-corrected chi connectivity index (χ3v) is 7.36. The lowest BCUT2D eigenvalue weighted by Gasteiger charge is -2.27. The number of aliphatic hydroxyl groups is 2. The number of halogens is 1. The molecule has 3 N–H and O–H groups in total. The van der Waals surface area contributed by atoms with Gasteiger partial charge in [-0.3, -0.25) is 4.90 Å². The Balaban J connectivity index is 1.38. The molecule has 0 bridgehead atoms. The van der Waals surface area contributed by atoms with E-state index in [9.17, 15) is 24.5 Å².